The first-order chi connectivity index (χ1) is 13.7. The summed E-state index contributed by atoms with van der Waals surface area (Å²) in [6, 6.07) is 19.4. The van der Waals surface area contributed by atoms with Gasteiger partial charge in [-0.2, -0.15) is 5.26 Å². The van der Waals surface area contributed by atoms with Crippen molar-refractivity contribution in [3.63, 3.8) is 0 Å². The van der Waals surface area contributed by atoms with Gasteiger partial charge in [0.1, 0.15) is 5.75 Å². The Morgan fingerprint density at radius 1 is 1.14 bits per heavy atom. The molecule has 0 spiro atoms. The molecule has 0 bridgehead atoms. The molecule has 2 aromatic carbocycles. The van der Waals surface area contributed by atoms with Crippen LogP contribution in [-0.2, 0) is 17.7 Å². The molecule has 3 aromatic rings. The van der Waals surface area contributed by atoms with Gasteiger partial charge in [-0.1, -0.05) is 17.3 Å². The lowest BCUT2D eigenvalue weighted by molar-refractivity contribution is -0.0755. The number of nitrogens with zero attached hydrogens (tertiary/aromatic N) is 2. The Kier molecular flexibility index (Phi) is 5.11. The van der Waals surface area contributed by atoms with E-state index in [0.717, 1.165) is 34.8 Å². The predicted molar refractivity (Wildman–Crippen MR) is 104 cm³/mol. The van der Waals surface area contributed by atoms with Crippen molar-refractivity contribution in [3.05, 3.63) is 71.4 Å². The van der Waals surface area contributed by atoms with E-state index in [2.05, 4.69) is 16.5 Å². The molecule has 1 aliphatic rings. The summed E-state index contributed by atoms with van der Waals surface area (Å²) in [5.41, 5.74) is 3.50. The van der Waals surface area contributed by atoms with Gasteiger partial charge in [0.15, 0.2) is 5.76 Å². The average molecular weight is 375 g/mol. The topological polar surface area (TPSA) is 80.3 Å². The van der Waals surface area contributed by atoms with Gasteiger partial charge in [0.05, 0.1) is 43.2 Å². The van der Waals surface area contributed by atoms with E-state index in [0.29, 0.717) is 25.3 Å². The Morgan fingerprint density at radius 2 is 1.89 bits per heavy atom. The van der Waals surface area contributed by atoms with E-state index in [1.807, 2.05) is 54.6 Å². The van der Waals surface area contributed by atoms with Gasteiger partial charge in [-0.05, 0) is 42.0 Å². The van der Waals surface area contributed by atoms with Crippen molar-refractivity contribution < 1.29 is 14.0 Å². The number of methoxy groups -OCH3 is 1. The van der Waals surface area contributed by atoms with Crippen LogP contribution in [0.2, 0.25) is 0 Å². The molecule has 0 amide bonds. The Morgan fingerprint density at radius 3 is 2.50 bits per heavy atom. The minimum absolute atomic E-state index is 0.151. The van der Waals surface area contributed by atoms with E-state index in [1.54, 1.807) is 7.11 Å². The van der Waals surface area contributed by atoms with Crippen molar-refractivity contribution in [3.8, 4) is 23.1 Å². The van der Waals surface area contributed by atoms with Crippen LogP contribution in [0.25, 0.3) is 11.3 Å². The number of benzene rings is 2. The van der Waals surface area contributed by atoms with Gasteiger partial charge in [-0.3, -0.25) is 0 Å². The fraction of sp³-hybridized carbons (Fsp3) is 0.273. The molecule has 4 rings (SSSR count). The summed E-state index contributed by atoms with van der Waals surface area (Å²) in [6.45, 7) is 1.97. The minimum Gasteiger partial charge on any atom is -0.497 e. The van der Waals surface area contributed by atoms with E-state index >= 15 is 0 Å². The molecule has 0 saturated carbocycles. The molecule has 142 valence electrons. The highest BCUT2D eigenvalue weighted by Gasteiger charge is 2.39. The first-order valence-electron chi connectivity index (χ1n) is 9.12. The molecule has 28 heavy (non-hydrogen) atoms. The normalized spacial score (nSPS) is 14.9. The fourth-order valence-electron chi connectivity index (χ4n) is 3.23. The third-order valence-corrected chi connectivity index (χ3v) is 4.96. The monoisotopic (exact) mass is 375 g/mol. The number of aromatic nitrogens is 1. The zero-order chi connectivity index (χ0) is 19.4. The Labute approximate surface area is 163 Å². The van der Waals surface area contributed by atoms with Crippen LogP contribution in [0, 0.1) is 11.3 Å². The molecule has 0 atom stereocenters. The second-order valence-electron chi connectivity index (χ2n) is 7.02. The van der Waals surface area contributed by atoms with Crippen LogP contribution in [0.1, 0.15) is 16.8 Å². The van der Waals surface area contributed by atoms with Crippen molar-refractivity contribution in [1.82, 2.24) is 10.5 Å². The van der Waals surface area contributed by atoms with Crippen LogP contribution in [0.5, 0.6) is 5.75 Å². The summed E-state index contributed by atoms with van der Waals surface area (Å²) in [6.07, 6.45) is 0.725. The first-order valence-corrected chi connectivity index (χ1v) is 9.12. The molecule has 6 heteroatoms. The van der Waals surface area contributed by atoms with Crippen LogP contribution in [0.15, 0.2) is 59.1 Å². The van der Waals surface area contributed by atoms with Gasteiger partial charge < -0.3 is 19.3 Å². The van der Waals surface area contributed by atoms with E-state index in [9.17, 15) is 0 Å². The summed E-state index contributed by atoms with van der Waals surface area (Å²) in [5, 5.41) is 16.7. The van der Waals surface area contributed by atoms with Crippen LogP contribution in [0.3, 0.4) is 0 Å². The third kappa shape index (κ3) is 3.91. The van der Waals surface area contributed by atoms with Gasteiger partial charge in [-0.25, -0.2) is 0 Å². The molecule has 1 aromatic heterocycles. The van der Waals surface area contributed by atoms with Gasteiger partial charge in [0.25, 0.3) is 0 Å². The van der Waals surface area contributed by atoms with E-state index in [4.69, 9.17) is 19.3 Å². The molecule has 0 aliphatic carbocycles. The number of nitrogens with one attached hydrogen (secondary N) is 1. The van der Waals surface area contributed by atoms with Crippen LogP contribution in [0.4, 0.5) is 0 Å². The highest BCUT2D eigenvalue weighted by molar-refractivity contribution is 5.58. The molecule has 1 N–H and O–H groups in total. The molecule has 0 radical (unpaired) electrons. The lowest BCUT2D eigenvalue weighted by Gasteiger charge is -2.42. The molecule has 1 aliphatic heterocycles. The van der Waals surface area contributed by atoms with Crippen LogP contribution < -0.4 is 10.1 Å². The van der Waals surface area contributed by atoms with Crippen LogP contribution in [-0.4, -0.2) is 31.0 Å². The van der Waals surface area contributed by atoms with Crippen molar-refractivity contribution in [2.45, 2.75) is 18.5 Å². The Bertz CT molecular complexity index is 968. The summed E-state index contributed by atoms with van der Waals surface area (Å²) in [4.78, 5) is 0. The second-order valence-corrected chi connectivity index (χ2v) is 7.02. The quantitative estimate of drug-likeness (QED) is 0.682. The lowest BCUT2D eigenvalue weighted by atomic mass is 9.90. The number of rotatable bonds is 7. The highest BCUT2D eigenvalue weighted by Crippen LogP contribution is 2.27. The minimum atomic E-state index is -0.151. The molecular weight excluding hydrogens is 354 g/mol. The van der Waals surface area contributed by atoms with Gasteiger partial charge in [0.2, 0.25) is 0 Å². The number of ether oxygens (including phenoxy) is 2. The van der Waals surface area contributed by atoms with E-state index in [-0.39, 0.29) is 5.54 Å². The Balaban J connectivity index is 1.41. The summed E-state index contributed by atoms with van der Waals surface area (Å²) >= 11 is 0. The smallest absolute Gasteiger partial charge is 0.167 e. The molecular formula is C22H21N3O3. The standard InChI is InChI=1S/C22H21N3O3/c1-26-20-8-6-18(7-9-20)21-10-19(25-28-21)11-22(14-27-15-22)24-13-17-4-2-16(12-23)3-5-17/h2-10,24H,11,13-15H2,1H3. The van der Waals surface area contributed by atoms with E-state index in [1.165, 1.54) is 0 Å². The molecule has 0 unspecified atom stereocenters. The Hall–Kier alpha value is -3.14. The second kappa shape index (κ2) is 7.85. The summed E-state index contributed by atoms with van der Waals surface area (Å²) in [5.74, 6) is 1.54. The van der Waals surface area contributed by atoms with Crippen molar-refractivity contribution in [2.24, 2.45) is 0 Å². The maximum atomic E-state index is 8.91. The summed E-state index contributed by atoms with van der Waals surface area (Å²) in [7, 11) is 1.65. The highest BCUT2D eigenvalue weighted by atomic mass is 16.5. The number of hydrogen-bond donors (Lipinski definition) is 1. The molecule has 1 saturated heterocycles. The van der Waals surface area contributed by atoms with Crippen molar-refractivity contribution in [1.29, 1.82) is 5.26 Å². The van der Waals surface area contributed by atoms with Crippen molar-refractivity contribution in [2.75, 3.05) is 20.3 Å². The fourth-order valence-corrected chi connectivity index (χ4v) is 3.23. The third-order valence-electron chi connectivity index (χ3n) is 4.96. The van der Waals surface area contributed by atoms with Gasteiger partial charge >= 0.3 is 0 Å². The number of hydrogen-bond acceptors (Lipinski definition) is 6. The SMILES string of the molecule is COc1ccc(-c2cc(CC3(NCc4ccc(C#N)cc4)COC3)no2)cc1. The van der Waals surface area contributed by atoms with Crippen molar-refractivity contribution >= 4 is 0 Å². The van der Waals surface area contributed by atoms with E-state index < -0.39 is 0 Å². The zero-order valence-corrected chi connectivity index (χ0v) is 15.6. The van der Waals surface area contributed by atoms with Crippen LogP contribution >= 0.6 is 0 Å². The molecule has 2 heterocycles. The average Bonchev–Trinajstić information content (AvgIpc) is 3.19. The van der Waals surface area contributed by atoms with Gasteiger partial charge in [0, 0.05) is 24.6 Å². The summed E-state index contributed by atoms with van der Waals surface area (Å²) < 4.78 is 16.2. The number of nitriles is 1. The van der Waals surface area contributed by atoms with Gasteiger partial charge in [-0.15, -0.1) is 0 Å². The predicted octanol–water partition coefficient (Wildman–Crippen LogP) is 3.32. The maximum absolute atomic E-state index is 8.91. The lowest BCUT2D eigenvalue weighted by Crippen LogP contribution is -2.61. The maximum Gasteiger partial charge on any atom is 0.167 e. The zero-order valence-electron chi connectivity index (χ0n) is 15.6. The first kappa shape index (κ1) is 18.2. The largest absolute Gasteiger partial charge is 0.497 e. The molecule has 6 nitrogen and oxygen atoms in total. The molecule has 1 fully saturated rings.